The standard InChI is InChI=1S/C14H18N4/c1-4-11(8-15)9-18(3)12-5-6-13-14(7-12)17-10(2)16-13/h5-7,11H,4,9H2,1-3H3,(H,16,17). The molecule has 1 atom stereocenters. The van der Waals surface area contributed by atoms with E-state index in [0.29, 0.717) is 0 Å². The molecule has 1 heterocycles. The zero-order chi connectivity index (χ0) is 13.1. The Hall–Kier alpha value is -2.02. The first-order chi connectivity index (χ1) is 8.63. The third-order valence-corrected chi connectivity index (χ3v) is 3.19. The summed E-state index contributed by atoms with van der Waals surface area (Å²) in [7, 11) is 2.02. The lowest BCUT2D eigenvalue weighted by Gasteiger charge is -2.21. The molecule has 0 amide bonds. The van der Waals surface area contributed by atoms with Gasteiger partial charge in [-0.2, -0.15) is 5.26 Å². The smallest absolute Gasteiger partial charge is 0.104 e. The number of fused-ring (bicyclic) bond motifs is 1. The van der Waals surface area contributed by atoms with Gasteiger partial charge < -0.3 is 9.88 Å². The number of benzene rings is 1. The molecule has 0 fully saturated rings. The highest BCUT2D eigenvalue weighted by Gasteiger charge is 2.10. The number of nitrogens with zero attached hydrogens (tertiary/aromatic N) is 3. The van der Waals surface area contributed by atoms with Crippen molar-refractivity contribution in [2.45, 2.75) is 20.3 Å². The minimum Gasteiger partial charge on any atom is -0.373 e. The van der Waals surface area contributed by atoms with Crippen molar-refractivity contribution in [1.82, 2.24) is 9.97 Å². The van der Waals surface area contributed by atoms with Gasteiger partial charge in [0.15, 0.2) is 0 Å². The molecule has 1 aromatic carbocycles. The molecule has 0 radical (unpaired) electrons. The van der Waals surface area contributed by atoms with Crippen molar-refractivity contribution >= 4 is 16.7 Å². The Morgan fingerprint density at radius 3 is 2.94 bits per heavy atom. The number of H-pyrrole nitrogens is 1. The van der Waals surface area contributed by atoms with E-state index in [4.69, 9.17) is 5.26 Å². The van der Waals surface area contributed by atoms with E-state index in [9.17, 15) is 0 Å². The summed E-state index contributed by atoms with van der Waals surface area (Å²) in [6.45, 7) is 4.75. The van der Waals surface area contributed by atoms with Crippen LogP contribution in [0.2, 0.25) is 0 Å². The van der Waals surface area contributed by atoms with E-state index in [2.05, 4.69) is 27.0 Å². The van der Waals surface area contributed by atoms with Crippen LogP contribution >= 0.6 is 0 Å². The predicted octanol–water partition coefficient (Wildman–Crippen LogP) is 2.86. The number of anilines is 1. The van der Waals surface area contributed by atoms with E-state index in [-0.39, 0.29) is 5.92 Å². The summed E-state index contributed by atoms with van der Waals surface area (Å²) in [6, 6.07) is 8.47. The van der Waals surface area contributed by atoms with Crippen molar-refractivity contribution in [3.05, 3.63) is 24.0 Å². The summed E-state index contributed by atoms with van der Waals surface area (Å²) in [4.78, 5) is 9.73. The number of nitrogens with one attached hydrogen (secondary N) is 1. The normalized spacial score (nSPS) is 12.3. The van der Waals surface area contributed by atoms with Crippen molar-refractivity contribution in [2.75, 3.05) is 18.5 Å². The van der Waals surface area contributed by atoms with E-state index in [1.807, 2.05) is 33.0 Å². The van der Waals surface area contributed by atoms with Crippen LogP contribution in [0.25, 0.3) is 11.0 Å². The maximum atomic E-state index is 9.00. The van der Waals surface area contributed by atoms with Crippen LogP contribution in [0, 0.1) is 24.2 Å². The number of rotatable bonds is 4. The Morgan fingerprint density at radius 2 is 2.28 bits per heavy atom. The maximum Gasteiger partial charge on any atom is 0.104 e. The highest BCUT2D eigenvalue weighted by molar-refractivity contribution is 5.79. The molecule has 1 aromatic heterocycles. The van der Waals surface area contributed by atoms with Crippen LogP contribution in [-0.4, -0.2) is 23.6 Å². The highest BCUT2D eigenvalue weighted by Crippen LogP contribution is 2.20. The van der Waals surface area contributed by atoms with Gasteiger partial charge in [-0.3, -0.25) is 0 Å². The lowest BCUT2D eigenvalue weighted by atomic mass is 10.1. The number of hydrogen-bond acceptors (Lipinski definition) is 3. The van der Waals surface area contributed by atoms with E-state index in [1.165, 1.54) is 0 Å². The second-order valence-electron chi connectivity index (χ2n) is 4.64. The Bertz CT molecular complexity index is 579. The second-order valence-corrected chi connectivity index (χ2v) is 4.64. The Morgan fingerprint density at radius 1 is 1.50 bits per heavy atom. The summed E-state index contributed by atoms with van der Waals surface area (Å²) in [5, 5.41) is 9.00. The molecule has 94 valence electrons. The third kappa shape index (κ3) is 2.45. The molecule has 0 bridgehead atoms. The molecule has 4 heteroatoms. The van der Waals surface area contributed by atoms with E-state index >= 15 is 0 Å². The summed E-state index contributed by atoms with van der Waals surface area (Å²) in [6.07, 6.45) is 0.881. The molecular formula is C14H18N4. The van der Waals surface area contributed by atoms with Crippen LogP contribution in [0.3, 0.4) is 0 Å². The van der Waals surface area contributed by atoms with Crippen LogP contribution < -0.4 is 4.90 Å². The molecule has 1 N–H and O–H groups in total. The maximum absolute atomic E-state index is 9.00. The number of hydrogen-bond donors (Lipinski definition) is 1. The van der Waals surface area contributed by atoms with E-state index in [1.54, 1.807) is 0 Å². The molecule has 2 aromatic rings. The first-order valence-corrected chi connectivity index (χ1v) is 6.21. The number of aromatic amines is 1. The van der Waals surface area contributed by atoms with Gasteiger partial charge in [-0.25, -0.2) is 4.98 Å². The molecule has 0 spiro atoms. The fourth-order valence-electron chi connectivity index (χ4n) is 2.06. The van der Waals surface area contributed by atoms with Gasteiger partial charge >= 0.3 is 0 Å². The molecule has 0 aliphatic rings. The van der Waals surface area contributed by atoms with Gasteiger partial charge in [0.05, 0.1) is 23.0 Å². The lowest BCUT2D eigenvalue weighted by Crippen LogP contribution is -2.24. The van der Waals surface area contributed by atoms with Crippen molar-refractivity contribution < 1.29 is 0 Å². The molecule has 1 unspecified atom stereocenters. The van der Waals surface area contributed by atoms with Gasteiger partial charge in [0.2, 0.25) is 0 Å². The van der Waals surface area contributed by atoms with Crippen LogP contribution in [0.15, 0.2) is 18.2 Å². The Labute approximate surface area is 107 Å². The number of aryl methyl sites for hydroxylation is 1. The topological polar surface area (TPSA) is 55.7 Å². The number of nitriles is 1. The van der Waals surface area contributed by atoms with Crippen molar-refractivity contribution in [1.29, 1.82) is 5.26 Å². The largest absolute Gasteiger partial charge is 0.373 e. The Kier molecular flexibility index (Phi) is 3.52. The number of imidazole rings is 1. The third-order valence-electron chi connectivity index (χ3n) is 3.19. The van der Waals surface area contributed by atoms with Gasteiger partial charge in [-0.15, -0.1) is 0 Å². The fraction of sp³-hybridized carbons (Fsp3) is 0.429. The minimum absolute atomic E-state index is 0.0780. The Balaban J connectivity index is 2.22. The van der Waals surface area contributed by atoms with Crippen molar-refractivity contribution in [3.63, 3.8) is 0 Å². The molecule has 0 saturated heterocycles. The van der Waals surface area contributed by atoms with Crippen molar-refractivity contribution in [3.8, 4) is 6.07 Å². The summed E-state index contributed by atoms with van der Waals surface area (Å²) in [5.41, 5.74) is 3.14. The van der Waals surface area contributed by atoms with Crippen LogP contribution in [0.4, 0.5) is 5.69 Å². The van der Waals surface area contributed by atoms with Gasteiger partial charge in [-0.05, 0) is 31.5 Å². The van der Waals surface area contributed by atoms with Crippen LogP contribution in [0.1, 0.15) is 19.2 Å². The summed E-state index contributed by atoms with van der Waals surface area (Å²) < 4.78 is 0. The average Bonchev–Trinajstić information content (AvgIpc) is 2.74. The molecule has 4 nitrogen and oxygen atoms in total. The van der Waals surface area contributed by atoms with E-state index in [0.717, 1.165) is 35.5 Å². The quantitative estimate of drug-likeness (QED) is 0.897. The van der Waals surface area contributed by atoms with Gasteiger partial charge in [-0.1, -0.05) is 6.92 Å². The molecule has 18 heavy (non-hydrogen) atoms. The van der Waals surface area contributed by atoms with Crippen LogP contribution in [0.5, 0.6) is 0 Å². The zero-order valence-electron chi connectivity index (χ0n) is 11.1. The molecule has 0 aliphatic heterocycles. The van der Waals surface area contributed by atoms with Gasteiger partial charge in [0.25, 0.3) is 0 Å². The fourth-order valence-corrected chi connectivity index (χ4v) is 2.06. The van der Waals surface area contributed by atoms with Crippen molar-refractivity contribution in [2.24, 2.45) is 5.92 Å². The van der Waals surface area contributed by atoms with E-state index < -0.39 is 0 Å². The summed E-state index contributed by atoms with van der Waals surface area (Å²) in [5.74, 6) is 1.00. The van der Waals surface area contributed by atoms with Crippen LogP contribution in [-0.2, 0) is 0 Å². The number of aromatic nitrogens is 2. The van der Waals surface area contributed by atoms with Gasteiger partial charge in [0.1, 0.15) is 5.82 Å². The second kappa shape index (κ2) is 5.09. The first-order valence-electron chi connectivity index (χ1n) is 6.21. The first kappa shape index (κ1) is 12.4. The molecule has 0 saturated carbocycles. The molecular weight excluding hydrogens is 224 g/mol. The average molecular weight is 242 g/mol. The molecule has 2 rings (SSSR count). The summed E-state index contributed by atoms with van der Waals surface area (Å²) >= 11 is 0. The predicted molar refractivity (Wildman–Crippen MR) is 73.5 cm³/mol. The minimum atomic E-state index is 0.0780. The molecule has 0 aliphatic carbocycles. The lowest BCUT2D eigenvalue weighted by molar-refractivity contribution is 0.631. The SMILES string of the molecule is CCC(C#N)CN(C)c1ccc2nc(C)[nH]c2c1. The highest BCUT2D eigenvalue weighted by atomic mass is 15.1. The monoisotopic (exact) mass is 242 g/mol. The zero-order valence-corrected chi connectivity index (χ0v) is 11.1. The van der Waals surface area contributed by atoms with Gasteiger partial charge in [0, 0.05) is 19.3 Å².